The minimum absolute atomic E-state index is 0.00383. The largest absolute Gasteiger partial charge is 0.396 e. The van der Waals surface area contributed by atoms with E-state index in [0.717, 1.165) is 30.5 Å². The van der Waals surface area contributed by atoms with E-state index in [9.17, 15) is 14.7 Å². The van der Waals surface area contributed by atoms with Crippen molar-refractivity contribution in [2.45, 2.75) is 57.4 Å². The fraction of sp³-hybridized carbons (Fsp3) is 0.480. The van der Waals surface area contributed by atoms with Gasteiger partial charge in [-0.3, -0.25) is 19.5 Å². The topological polar surface area (TPSA) is 87.5 Å². The summed E-state index contributed by atoms with van der Waals surface area (Å²) in [6, 6.07) is 7.63. The summed E-state index contributed by atoms with van der Waals surface area (Å²) in [4.78, 5) is 33.2. The van der Waals surface area contributed by atoms with Crippen LogP contribution in [-0.4, -0.2) is 44.2 Å². The molecule has 2 fully saturated rings. The Bertz CT molecular complexity index is 1080. The van der Waals surface area contributed by atoms with E-state index < -0.39 is 5.92 Å². The second-order valence-corrected chi connectivity index (χ2v) is 9.18. The van der Waals surface area contributed by atoms with Crippen molar-refractivity contribution < 1.29 is 9.90 Å². The van der Waals surface area contributed by atoms with Gasteiger partial charge in [-0.15, -0.1) is 0 Å². The number of rotatable bonds is 6. The van der Waals surface area contributed by atoms with Gasteiger partial charge in [0.2, 0.25) is 5.91 Å². The van der Waals surface area contributed by atoms with Gasteiger partial charge < -0.3 is 15.0 Å². The van der Waals surface area contributed by atoms with Crippen LogP contribution < -0.4 is 10.9 Å². The maximum Gasteiger partial charge on any atom is 0.258 e. The normalized spacial score (nSPS) is 27.3. The summed E-state index contributed by atoms with van der Waals surface area (Å²) in [5, 5.41) is 13.6. The lowest BCUT2D eigenvalue weighted by Crippen LogP contribution is -2.47. The molecule has 7 nitrogen and oxygen atoms in total. The van der Waals surface area contributed by atoms with Gasteiger partial charge in [-0.05, 0) is 49.9 Å². The van der Waals surface area contributed by atoms with Crippen LogP contribution >= 0.6 is 0 Å². The second kappa shape index (κ2) is 8.64. The number of pyridine rings is 2. The molecule has 0 radical (unpaired) electrons. The number of nitrogens with zero attached hydrogens (tertiary/aromatic N) is 3. The Morgan fingerprint density at radius 3 is 2.81 bits per heavy atom. The quantitative estimate of drug-likeness (QED) is 0.727. The number of hydrogen-bond acceptors (Lipinski definition) is 5. The Morgan fingerprint density at radius 2 is 2.16 bits per heavy atom. The first-order chi connectivity index (χ1) is 15.6. The third-order valence-corrected chi connectivity index (χ3v) is 7.39. The highest BCUT2D eigenvalue weighted by atomic mass is 16.3. The first kappa shape index (κ1) is 21.1. The van der Waals surface area contributed by atoms with Crippen molar-refractivity contribution >= 4 is 12.0 Å². The fourth-order valence-electron chi connectivity index (χ4n) is 5.62. The van der Waals surface area contributed by atoms with Crippen LogP contribution in [0.15, 0.2) is 47.5 Å². The molecule has 1 aliphatic carbocycles. The molecule has 3 aliphatic rings. The number of carbonyl (C=O) groups excluding carboxylic acids is 1. The average molecular weight is 435 g/mol. The maximum absolute atomic E-state index is 13.5. The molecule has 1 saturated heterocycles. The van der Waals surface area contributed by atoms with Crippen LogP contribution in [-0.2, 0) is 17.9 Å². The summed E-state index contributed by atoms with van der Waals surface area (Å²) in [5.41, 5.74) is 2.52. The number of allylic oxidation sites excluding steroid dienone is 1. The highest BCUT2D eigenvalue weighted by Gasteiger charge is 2.55. The maximum atomic E-state index is 13.5. The van der Waals surface area contributed by atoms with Crippen molar-refractivity contribution in [3.05, 3.63) is 69.9 Å². The van der Waals surface area contributed by atoms with Crippen LogP contribution in [0.2, 0.25) is 0 Å². The molecule has 5 rings (SSSR count). The Kier molecular flexibility index (Phi) is 5.69. The lowest BCUT2D eigenvalue weighted by molar-refractivity contribution is -0.128. The summed E-state index contributed by atoms with van der Waals surface area (Å²) in [6.07, 6.45) is 10.4. The molecule has 0 aromatic carbocycles. The summed E-state index contributed by atoms with van der Waals surface area (Å²) in [5.74, 6) is -0.639. The minimum atomic E-state index is -0.400. The van der Waals surface area contributed by atoms with E-state index in [2.05, 4.69) is 15.2 Å². The zero-order valence-corrected chi connectivity index (χ0v) is 18.4. The Morgan fingerprint density at radius 1 is 1.31 bits per heavy atom. The molecule has 1 saturated carbocycles. The number of nitrogens with one attached hydrogen (secondary N) is 1. The molecule has 2 aromatic rings. The van der Waals surface area contributed by atoms with Gasteiger partial charge in [0, 0.05) is 61.3 Å². The smallest absolute Gasteiger partial charge is 0.258 e. The Labute approximate surface area is 187 Å². The van der Waals surface area contributed by atoms with E-state index >= 15 is 0 Å². The molecule has 32 heavy (non-hydrogen) atoms. The summed E-state index contributed by atoms with van der Waals surface area (Å²) < 4.78 is 1.82. The molecule has 0 unspecified atom stereocenters. The molecule has 2 aromatic heterocycles. The lowest BCUT2D eigenvalue weighted by Gasteiger charge is -2.38. The van der Waals surface area contributed by atoms with Gasteiger partial charge >= 0.3 is 0 Å². The van der Waals surface area contributed by atoms with Crippen molar-refractivity contribution in [2.75, 3.05) is 6.61 Å². The fourth-order valence-corrected chi connectivity index (χ4v) is 5.62. The number of hydrogen-bond donors (Lipinski definition) is 2. The van der Waals surface area contributed by atoms with Crippen LogP contribution in [0.25, 0.3) is 6.08 Å². The van der Waals surface area contributed by atoms with Crippen molar-refractivity contribution in [2.24, 2.45) is 11.8 Å². The van der Waals surface area contributed by atoms with Crippen molar-refractivity contribution in [3.8, 4) is 0 Å². The SMILES string of the molecule is C/C=C/c1ccc2n(c1=O)C[C@@H]1[C@@H](CO)[C@H](C(=O)NC3CCC3)[C@H]2N1Cc1cccnc1. The van der Waals surface area contributed by atoms with E-state index in [1.54, 1.807) is 6.20 Å². The van der Waals surface area contributed by atoms with E-state index in [0.29, 0.717) is 18.7 Å². The number of carbonyl (C=O) groups is 1. The molecule has 0 spiro atoms. The summed E-state index contributed by atoms with van der Waals surface area (Å²) >= 11 is 0. The number of aliphatic hydroxyl groups excluding tert-OH is 1. The number of aliphatic hydroxyl groups is 1. The van der Waals surface area contributed by atoms with Crippen LogP contribution in [0.4, 0.5) is 0 Å². The predicted octanol–water partition coefficient (Wildman–Crippen LogP) is 2.11. The van der Waals surface area contributed by atoms with E-state index in [4.69, 9.17) is 0 Å². The first-order valence-electron chi connectivity index (χ1n) is 11.5. The van der Waals surface area contributed by atoms with Gasteiger partial charge in [0.1, 0.15) is 0 Å². The van der Waals surface area contributed by atoms with Crippen LogP contribution in [0.5, 0.6) is 0 Å². The second-order valence-electron chi connectivity index (χ2n) is 9.18. The van der Waals surface area contributed by atoms with Gasteiger partial charge in [0.25, 0.3) is 5.56 Å². The molecule has 2 aliphatic heterocycles. The van der Waals surface area contributed by atoms with E-state index in [1.807, 2.05) is 54.1 Å². The molecule has 1 amide bonds. The van der Waals surface area contributed by atoms with Crippen molar-refractivity contribution in [3.63, 3.8) is 0 Å². The van der Waals surface area contributed by atoms with Gasteiger partial charge in [-0.25, -0.2) is 0 Å². The van der Waals surface area contributed by atoms with Crippen LogP contribution in [0, 0.1) is 11.8 Å². The zero-order valence-electron chi connectivity index (χ0n) is 18.4. The number of aromatic nitrogens is 2. The predicted molar refractivity (Wildman–Crippen MR) is 122 cm³/mol. The van der Waals surface area contributed by atoms with Crippen molar-refractivity contribution in [1.82, 2.24) is 19.8 Å². The molecule has 2 N–H and O–H groups in total. The summed E-state index contributed by atoms with van der Waals surface area (Å²) in [7, 11) is 0. The van der Waals surface area contributed by atoms with Crippen LogP contribution in [0.1, 0.15) is 49.0 Å². The van der Waals surface area contributed by atoms with E-state index in [-0.39, 0.29) is 42.1 Å². The van der Waals surface area contributed by atoms with E-state index in [1.165, 1.54) is 0 Å². The molecular formula is C25H30N4O3. The standard InChI is InChI=1S/C25H30N4O3/c1-2-5-17-9-10-20-23-22(24(31)27-18-7-3-8-18)19(15-30)21(14-29(20)25(17)32)28(23)13-16-6-4-11-26-12-16/h2,4-6,9-12,18-19,21-23,30H,3,7-8,13-15H2,1H3,(H,27,31)/b5-2+/t19-,21-,22+,23+/m1/s1. The third kappa shape index (κ3) is 3.49. The molecule has 4 atom stereocenters. The third-order valence-electron chi connectivity index (χ3n) is 7.39. The van der Waals surface area contributed by atoms with Crippen LogP contribution in [0.3, 0.4) is 0 Å². The zero-order chi connectivity index (χ0) is 22.2. The molecule has 2 bridgehead atoms. The van der Waals surface area contributed by atoms with Gasteiger partial charge in [0.05, 0.1) is 12.0 Å². The van der Waals surface area contributed by atoms with Gasteiger partial charge in [-0.1, -0.05) is 18.2 Å². The Balaban J connectivity index is 1.58. The van der Waals surface area contributed by atoms with Gasteiger partial charge in [-0.2, -0.15) is 0 Å². The Hall–Kier alpha value is -2.77. The number of amides is 1. The molecule has 4 heterocycles. The highest BCUT2D eigenvalue weighted by Crippen LogP contribution is 2.49. The summed E-state index contributed by atoms with van der Waals surface area (Å²) in [6.45, 7) is 2.90. The lowest BCUT2D eigenvalue weighted by atomic mass is 9.85. The number of fused-ring (bicyclic) bond motifs is 4. The van der Waals surface area contributed by atoms with Crippen molar-refractivity contribution in [1.29, 1.82) is 0 Å². The highest BCUT2D eigenvalue weighted by molar-refractivity contribution is 5.81. The molecule has 168 valence electrons. The minimum Gasteiger partial charge on any atom is -0.396 e. The molecular weight excluding hydrogens is 404 g/mol. The van der Waals surface area contributed by atoms with Gasteiger partial charge in [0.15, 0.2) is 0 Å². The molecule has 7 heteroatoms. The monoisotopic (exact) mass is 434 g/mol. The first-order valence-corrected chi connectivity index (χ1v) is 11.5. The average Bonchev–Trinajstić information content (AvgIpc) is 2.98.